The number of rotatable bonds is 6. The molecule has 0 fully saturated rings. The molecule has 1 heterocycles. The van der Waals surface area contributed by atoms with Crippen LogP contribution in [0.25, 0.3) is 6.08 Å². The van der Waals surface area contributed by atoms with Gasteiger partial charge in [0.1, 0.15) is 12.4 Å². The second kappa shape index (κ2) is 12.1. The Morgan fingerprint density at radius 2 is 1.79 bits per heavy atom. The van der Waals surface area contributed by atoms with Crippen molar-refractivity contribution in [1.29, 1.82) is 0 Å². The lowest BCUT2D eigenvalue weighted by Gasteiger charge is -2.18. The van der Waals surface area contributed by atoms with E-state index in [4.69, 9.17) is 14.8 Å². The average Bonchev–Trinajstić information content (AvgIpc) is 2.96. The normalized spacial score (nSPS) is 12.6. The number of aliphatic imine (C=N–C) groups is 1. The first-order chi connectivity index (χ1) is 15.1. The van der Waals surface area contributed by atoms with Crippen LogP contribution in [-0.4, -0.2) is 36.9 Å². The highest BCUT2D eigenvalue weighted by Gasteiger charge is 2.13. The smallest absolute Gasteiger partial charge is 0.335 e. The number of carboxylic acids is 1. The number of likely N-dealkylation sites (N-methyl/N-ethyl adjacent to an activating group) is 1. The van der Waals surface area contributed by atoms with Crippen molar-refractivity contribution in [3.63, 3.8) is 0 Å². The van der Waals surface area contributed by atoms with Crippen LogP contribution < -0.4 is 9.64 Å². The van der Waals surface area contributed by atoms with Crippen molar-refractivity contribution in [3.8, 4) is 5.75 Å². The number of hydrogen-bond donors (Lipinski definition) is 1. The van der Waals surface area contributed by atoms with Gasteiger partial charge in [-0.05, 0) is 47.5 Å². The molecule has 0 radical (unpaired) electrons. The molecular weight excluding hydrogens is 459 g/mol. The number of ether oxygens (including phenoxy) is 1. The topological polar surface area (TPSA) is 62.1 Å². The molecule has 1 aliphatic rings. The molecule has 4 rings (SSSR count). The number of allylic oxidation sites excluding steroid dienone is 1. The van der Waals surface area contributed by atoms with E-state index >= 15 is 0 Å². The van der Waals surface area contributed by atoms with Crippen molar-refractivity contribution >= 4 is 48.3 Å². The first-order valence-electron chi connectivity index (χ1n) is 10.2. The number of benzene rings is 3. The lowest BCUT2D eigenvalue weighted by Crippen LogP contribution is -2.20. The number of fused-ring (bicyclic) bond motifs is 1. The molecule has 5 nitrogen and oxygen atoms in total. The minimum atomic E-state index is -0.931. The molecule has 0 saturated carbocycles. The summed E-state index contributed by atoms with van der Waals surface area (Å²) >= 11 is 0. The summed E-state index contributed by atoms with van der Waals surface area (Å²) < 4.78 is 5.90. The summed E-state index contributed by atoms with van der Waals surface area (Å²) in [4.78, 5) is 18.0. The summed E-state index contributed by atoms with van der Waals surface area (Å²) in [5.41, 5.74) is 5.51. The number of nitrogens with zero attached hydrogens (tertiary/aromatic N) is 2. The first-order valence-corrected chi connectivity index (χ1v) is 10.2. The Hall–Kier alpha value is -3.28. The molecule has 3 aromatic rings. The Morgan fingerprint density at radius 1 is 1.03 bits per heavy atom. The molecule has 172 valence electrons. The SMILES string of the molecule is CN1CCN=C(/C=C/c2cccc(OCc3ccc(C(=O)O)cc3)c2)c2ccccc21.Cl.Cl. The molecule has 7 heteroatoms. The van der Waals surface area contributed by atoms with Crippen molar-refractivity contribution in [2.75, 3.05) is 25.0 Å². The Bertz CT molecular complexity index is 1140. The maximum atomic E-state index is 11.0. The fourth-order valence-electron chi connectivity index (χ4n) is 3.49. The lowest BCUT2D eigenvalue weighted by molar-refractivity contribution is 0.0697. The van der Waals surface area contributed by atoms with E-state index in [1.54, 1.807) is 24.3 Å². The Kier molecular flexibility index (Phi) is 9.52. The second-order valence-electron chi connectivity index (χ2n) is 7.40. The van der Waals surface area contributed by atoms with E-state index in [9.17, 15) is 4.79 Å². The lowest BCUT2D eigenvalue weighted by atomic mass is 10.1. The number of anilines is 1. The summed E-state index contributed by atoms with van der Waals surface area (Å²) in [6.45, 7) is 2.03. The average molecular weight is 485 g/mol. The number of hydrogen-bond acceptors (Lipinski definition) is 4. The predicted molar refractivity (Wildman–Crippen MR) is 139 cm³/mol. The van der Waals surface area contributed by atoms with Gasteiger partial charge < -0.3 is 14.7 Å². The van der Waals surface area contributed by atoms with Crippen LogP contribution in [0.4, 0.5) is 5.69 Å². The van der Waals surface area contributed by atoms with Gasteiger partial charge in [-0.1, -0.05) is 48.5 Å². The highest BCUT2D eigenvalue weighted by atomic mass is 35.5. The first kappa shape index (κ1) is 26.0. The molecule has 1 aliphatic heterocycles. The summed E-state index contributed by atoms with van der Waals surface area (Å²) in [7, 11) is 2.09. The van der Waals surface area contributed by atoms with E-state index in [2.05, 4.69) is 42.3 Å². The molecule has 0 spiro atoms. The molecule has 0 bridgehead atoms. The van der Waals surface area contributed by atoms with E-state index < -0.39 is 5.97 Å². The Morgan fingerprint density at radius 3 is 2.55 bits per heavy atom. The summed E-state index contributed by atoms with van der Waals surface area (Å²) in [6.07, 6.45) is 4.11. The number of carbonyl (C=O) groups is 1. The van der Waals surface area contributed by atoms with E-state index in [1.165, 1.54) is 5.69 Å². The number of para-hydroxylation sites is 1. The molecule has 3 aromatic carbocycles. The molecule has 0 atom stereocenters. The largest absolute Gasteiger partial charge is 0.489 e. The third kappa shape index (κ3) is 6.60. The molecular formula is C26H26Cl2N2O3. The van der Waals surface area contributed by atoms with Crippen LogP contribution in [-0.2, 0) is 6.61 Å². The highest BCUT2D eigenvalue weighted by Crippen LogP contribution is 2.23. The Balaban J connectivity index is 0.00000193. The maximum absolute atomic E-state index is 11.0. The van der Waals surface area contributed by atoms with E-state index in [-0.39, 0.29) is 30.4 Å². The highest BCUT2D eigenvalue weighted by molar-refractivity contribution is 6.14. The van der Waals surface area contributed by atoms with Crippen molar-refractivity contribution < 1.29 is 14.6 Å². The van der Waals surface area contributed by atoms with Crippen molar-refractivity contribution in [3.05, 3.63) is 101 Å². The number of aromatic carboxylic acids is 1. The van der Waals surface area contributed by atoms with Gasteiger partial charge in [0.05, 0.1) is 17.8 Å². The van der Waals surface area contributed by atoms with Gasteiger partial charge in [-0.2, -0.15) is 0 Å². The predicted octanol–water partition coefficient (Wildman–Crippen LogP) is 5.76. The van der Waals surface area contributed by atoms with E-state index in [0.717, 1.165) is 41.2 Å². The van der Waals surface area contributed by atoms with Gasteiger partial charge in [0.15, 0.2) is 0 Å². The van der Waals surface area contributed by atoms with Gasteiger partial charge in [0, 0.05) is 24.8 Å². The molecule has 33 heavy (non-hydrogen) atoms. The summed E-state index contributed by atoms with van der Waals surface area (Å²) in [5.74, 6) is -0.174. The van der Waals surface area contributed by atoms with Gasteiger partial charge in [-0.25, -0.2) is 4.79 Å². The van der Waals surface area contributed by atoms with Crippen molar-refractivity contribution in [2.24, 2.45) is 4.99 Å². The van der Waals surface area contributed by atoms with Crippen LogP contribution in [0.2, 0.25) is 0 Å². The Labute approximate surface area is 206 Å². The second-order valence-corrected chi connectivity index (χ2v) is 7.40. The van der Waals surface area contributed by atoms with Crippen LogP contribution in [0.5, 0.6) is 5.75 Å². The van der Waals surface area contributed by atoms with Crippen LogP contribution in [0.3, 0.4) is 0 Å². The zero-order chi connectivity index (χ0) is 21.6. The maximum Gasteiger partial charge on any atom is 0.335 e. The van der Waals surface area contributed by atoms with Crippen LogP contribution in [0.1, 0.15) is 27.0 Å². The van der Waals surface area contributed by atoms with Gasteiger partial charge >= 0.3 is 5.97 Å². The minimum absolute atomic E-state index is 0. The number of benzodiazepines with no additional fused rings is 1. The third-order valence-electron chi connectivity index (χ3n) is 5.21. The standard InChI is InChI=1S/C26H24N2O3.2ClH/c1-28-16-15-27-24(23-7-2-3-8-25(23)28)14-11-19-5-4-6-22(17-19)31-18-20-9-12-21(13-10-20)26(29)30;;/h2-14,17H,15-16,18H2,1H3,(H,29,30);2*1H/b14-11+;;. The van der Waals surface area contributed by atoms with Gasteiger partial charge in [-0.3, -0.25) is 4.99 Å². The zero-order valence-electron chi connectivity index (χ0n) is 18.2. The number of halogens is 2. The zero-order valence-corrected chi connectivity index (χ0v) is 19.8. The van der Waals surface area contributed by atoms with E-state index in [1.807, 2.05) is 30.3 Å². The van der Waals surface area contributed by atoms with Gasteiger partial charge in [0.2, 0.25) is 0 Å². The molecule has 0 saturated heterocycles. The van der Waals surface area contributed by atoms with Gasteiger partial charge in [-0.15, -0.1) is 24.8 Å². The van der Waals surface area contributed by atoms with Crippen LogP contribution in [0, 0.1) is 0 Å². The molecule has 1 N–H and O–H groups in total. The molecule has 0 aromatic heterocycles. The summed E-state index contributed by atoms with van der Waals surface area (Å²) in [6, 6.07) is 22.9. The van der Waals surface area contributed by atoms with Gasteiger partial charge in [0.25, 0.3) is 0 Å². The number of carboxylic acid groups (broad SMARTS) is 1. The molecule has 0 unspecified atom stereocenters. The molecule has 0 amide bonds. The van der Waals surface area contributed by atoms with Crippen LogP contribution in [0.15, 0.2) is 83.9 Å². The summed E-state index contributed by atoms with van der Waals surface area (Å²) in [5, 5.41) is 8.99. The fraction of sp³-hybridized carbons (Fsp3) is 0.154. The molecule has 0 aliphatic carbocycles. The van der Waals surface area contributed by atoms with Crippen molar-refractivity contribution in [2.45, 2.75) is 6.61 Å². The van der Waals surface area contributed by atoms with Crippen molar-refractivity contribution in [1.82, 2.24) is 0 Å². The minimum Gasteiger partial charge on any atom is -0.489 e. The third-order valence-corrected chi connectivity index (χ3v) is 5.21. The van der Waals surface area contributed by atoms with E-state index in [0.29, 0.717) is 6.61 Å². The monoisotopic (exact) mass is 484 g/mol. The van der Waals surface area contributed by atoms with Crippen LogP contribution >= 0.6 is 24.8 Å². The quantitative estimate of drug-likeness (QED) is 0.482. The fourth-order valence-corrected chi connectivity index (χ4v) is 3.49.